The molecule has 1 amide bonds. The number of aromatic amines is 1. The van der Waals surface area contributed by atoms with Crippen LogP contribution in [0.15, 0.2) is 30.5 Å². The Kier molecular flexibility index (Phi) is 3.09. The minimum absolute atomic E-state index is 0.267. The van der Waals surface area contributed by atoms with Crippen LogP contribution in [0.3, 0.4) is 0 Å². The van der Waals surface area contributed by atoms with Crippen LogP contribution in [-0.4, -0.2) is 16.1 Å². The summed E-state index contributed by atoms with van der Waals surface area (Å²) in [5, 5.41) is 8.93. The van der Waals surface area contributed by atoms with E-state index in [2.05, 4.69) is 38.1 Å². The van der Waals surface area contributed by atoms with Crippen LogP contribution in [0.4, 0.5) is 11.5 Å². The number of aromatic nitrogens is 2. The van der Waals surface area contributed by atoms with Crippen LogP contribution in [0.1, 0.15) is 10.4 Å². The van der Waals surface area contributed by atoms with E-state index in [-0.39, 0.29) is 11.7 Å². The molecule has 82 valence electrons. The molecule has 2 aromatic rings. The Labute approximate surface area is 106 Å². The van der Waals surface area contributed by atoms with E-state index in [9.17, 15) is 4.79 Å². The first-order valence-corrected chi connectivity index (χ1v) is 5.60. The van der Waals surface area contributed by atoms with Gasteiger partial charge in [-0.25, -0.2) is 0 Å². The van der Waals surface area contributed by atoms with Crippen molar-refractivity contribution in [1.29, 1.82) is 0 Å². The second-order valence-corrected chi connectivity index (χ2v) is 4.40. The molecule has 1 heterocycles. The number of nitrogen functional groups attached to an aromatic ring is 1. The van der Waals surface area contributed by atoms with Crippen molar-refractivity contribution in [2.75, 3.05) is 11.1 Å². The van der Waals surface area contributed by atoms with Gasteiger partial charge in [0.25, 0.3) is 5.91 Å². The molecule has 16 heavy (non-hydrogen) atoms. The largest absolute Gasteiger partial charge is 0.383 e. The first-order chi connectivity index (χ1) is 7.66. The maximum absolute atomic E-state index is 11.7. The molecule has 0 unspecified atom stereocenters. The molecular weight excluding hydrogens is 319 g/mol. The number of rotatable bonds is 2. The maximum Gasteiger partial charge on any atom is 0.261 e. The predicted octanol–water partition coefficient (Wildman–Crippen LogP) is 1.85. The van der Waals surface area contributed by atoms with Gasteiger partial charge in [-0.15, -0.1) is 0 Å². The lowest BCUT2D eigenvalue weighted by atomic mass is 10.2. The van der Waals surface area contributed by atoms with E-state index in [4.69, 9.17) is 5.73 Å². The van der Waals surface area contributed by atoms with E-state index < -0.39 is 0 Å². The monoisotopic (exact) mass is 328 g/mol. The van der Waals surface area contributed by atoms with Crippen LogP contribution in [-0.2, 0) is 0 Å². The van der Waals surface area contributed by atoms with Crippen molar-refractivity contribution >= 4 is 40.0 Å². The van der Waals surface area contributed by atoms with Gasteiger partial charge in [0, 0.05) is 9.26 Å². The molecule has 0 aliphatic heterocycles. The summed E-state index contributed by atoms with van der Waals surface area (Å²) in [6.07, 6.45) is 1.40. The number of hydrogen-bond donors (Lipinski definition) is 3. The van der Waals surface area contributed by atoms with Gasteiger partial charge >= 0.3 is 0 Å². The van der Waals surface area contributed by atoms with Crippen molar-refractivity contribution in [3.63, 3.8) is 0 Å². The van der Waals surface area contributed by atoms with Crippen molar-refractivity contribution in [2.24, 2.45) is 0 Å². The highest BCUT2D eigenvalue weighted by molar-refractivity contribution is 14.1. The van der Waals surface area contributed by atoms with Crippen LogP contribution in [0.5, 0.6) is 0 Å². The lowest BCUT2D eigenvalue weighted by molar-refractivity contribution is 0.102. The van der Waals surface area contributed by atoms with Crippen molar-refractivity contribution in [3.8, 4) is 0 Å². The predicted molar refractivity (Wildman–Crippen MR) is 70.1 cm³/mol. The highest BCUT2D eigenvalue weighted by atomic mass is 127. The number of nitrogens with two attached hydrogens (primary N) is 1. The van der Waals surface area contributed by atoms with Gasteiger partial charge in [0.1, 0.15) is 11.4 Å². The summed E-state index contributed by atoms with van der Waals surface area (Å²) < 4.78 is 1.11. The van der Waals surface area contributed by atoms with Gasteiger partial charge in [-0.2, -0.15) is 5.10 Å². The fourth-order valence-corrected chi connectivity index (χ4v) is 1.57. The summed E-state index contributed by atoms with van der Waals surface area (Å²) in [5.41, 5.74) is 6.61. The van der Waals surface area contributed by atoms with E-state index in [0.29, 0.717) is 5.56 Å². The lowest BCUT2D eigenvalue weighted by Gasteiger charge is -2.03. The molecule has 0 spiro atoms. The molecule has 5 nitrogen and oxygen atoms in total. The van der Waals surface area contributed by atoms with Crippen molar-refractivity contribution in [3.05, 3.63) is 39.6 Å². The van der Waals surface area contributed by atoms with E-state index in [1.807, 2.05) is 24.3 Å². The Morgan fingerprint density at radius 3 is 2.62 bits per heavy atom. The summed E-state index contributed by atoms with van der Waals surface area (Å²) in [6.45, 7) is 0. The average Bonchev–Trinajstić information content (AvgIpc) is 2.68. The summed E-state index contributed by atoms with van der Waals surface area (Å²) in [7, 11) is 0. The summed E-state index contributed by atoms with van der Waals surface area (Å²) in [4.78, 5) is 11.7. The number of nitrogens with zero attached hydrogens (tertiary/aromatic N) is 1. The zero-order valence-corrected chi connectivity index (χ0v) is 10.4. The summed E-state index contributed by atoms with van der Waals surface area (Å²) in [5.74, 6) is -0.00419. The van der Waals surface area contributed by atoms with Crippen molar-refractivity contribution in [2.45, 2.75) is 0 Å². The number of benzene rings is 1. The Bertz CT molecular complexity index is 506. The molecule has 0 saturated carbocycles. The molecule has 0 atom stereocenters. The number of carbonyl (C=O) groups excluding carboxylic acids is 1. The third-order valence-corrected chi connectivity index (χ3v) is 2.73. The van der Waals surface area contributed by atoms with Gasteiger partial charge in [-0.05, 0) is 46.9 Å². The molecule has 0 bridgehead atoms. The number of anilines is 2. The SMILES string of the molecule is Nc1[nH]ncc1C(=O)Nc1ccc(I)cc1. The average molecular weight is 328 g/mol. The van der Waals surface area contributed by atoms with E-state index in [1.165, 1.54) is 6.20 Å². The van der Waals surface area contributed by atoms with E-state index >= 15 is 0 Å². The lowest BCUT2D eigenvalue weighted by Crippen LogP contribution is -2.12. The van der Waals surface area contributed by atoms with Gasteiger partial charge in [-0.1, -0.05) is 0 Å². The third kappa shape index (κ3) is 2.32. The fourth-order valence-electron chi connectivity index (χ4n) is 1.21. The molecule has 4 N–H and O–H groups in total. The Morgan fingerprint density at radius 1 is 1.38 bits per heavy atom. The standard InChI is InChI=1S/C10H9IN4O/c11-6-1-3-7(4-2-6)14-10(16)8-5-13-15-9(8)12/h1-5H,(H,14,16)(H3,12,13,15). The van der Waals surface area contributed by atoms with Gasteiger partial charge < -0.3 is 11.1 Å². The molecule has 1 aromatic heterocycles. The molecule has 0 radical (unpaired) electrons. The fraction of sp³-hybridized carbons (Fsp3) is 0. The Hall–Kier alpha value is -1.57. The number of halogens is 1. The summed E-state index contributed by atoms with van der Waals surface area (Å²) >= 11 is 2.20. The topological polar surface area (TPSA) is 83.8 Å². The second kappa shape index (κ2) is 4.52. The first-order valence-electron chi connectivity index (χ1n) is 4.52. The molecule has 0 fully saturated rings. The number of amides is 1. The molecular formula is C10H9IN4O. The minimum atomic E-state index is -0.271. The Balaban J connectivity index is 2.14. The molecule has 0 aliphatic carbocycles. The number of carbonyl (C=O) groups is 1. The van der Waals surface area contributed by atoms with Crippen LogP contribution in [0.25, 0.3) is 0 Å². The van der Waals surface area contributed by atoms with Gasteiger partial charge in [0.2, 0.25) is 0 Å². The molecule has 1 aromatic carbocycles. The second-order valence-electron chi connectivity index (χ2n) is 3.16. The number of H-pyrrole nitrogens is 1. The normalized spacial score (nSPS) is 10.1. The van der Waals surface area contributed by atoms with Gasteiger partial charge in [0.05, 0.1) is 6.20 Å². The van der Waals surface area contributed by atoms with Crippen LogP contribution in [0.2, 0.25) is 0 Å². The number of nitrogens with one attached hydrogen (secondary N) is 2. The molecule has 0 saturated heterocycles. The highest BCUT2D eigenvalue weighted by Crippen LogP contribution is 2.14. The molecule has 6 heteroatoms. The zero-order chi connectivity index (χ0) is 11.5. The van der Waals surface area contributed by atoms with Gasteiger partial charge in [0.15, 0.2) is 0 Å². The smallest absolute Gasteiger partial charge is 0.261 e. The quantitative estimate of drug-likeness (QED) is 0.736. The minimum Gasteiger partial charge on any atom is -0.383 e. The third-order valence-electron chi connectivity index (χ3n) is 2.02. The molecule has 0 aliphatic rings. The Morgan fingerprint density at radius 2 is 2.06 bits per heavy atom. The van der Waals surface area contributed by atoms with Crippen LogP contribution >= 0.6 is 22.6 Å². The van der Waals surface area contributed by atoms with Crippen molar-refractivity contribution in [1.82, 2.24) is 10.2 Å². The van der Waals surface area contributed by atoms with E-state index in [0.717, 1.165) is 9.26 Å². The number of hydrogen-bond acceptors (Lipinski definition) is 3. The highest BCUT2D eigenvalue weighted by Gasteiger charge is 2.11. The summed E-state index contributed by atoms with van der Waals surface area (Å²) in [6, 6.07) is 7.48. The first kappa shape index (κ1) is 10.9. The van der Waals surface area contributed by atoms with E-state index in [1.54, 1.807) is 0 Å². The van der Waals surface area contributed by atoms with Crippen molar-refractivity contribution < 1.29 is 4.79 Å². The maximum atomic E-state index is 11.7. The van der Waals surface area contributed by atoms with Crippen LogP contribution in [0, 0.1) is 3.57 Å². The van der Waals surface area contributed by atoms with Gasteiger partial charge in [-0.3, -0.25) is 9.89 Å². The zero-order valence-electron chi connectivity index (χ0n) is 8.20. The molecule has 2 rings (SSSR count). The van der Waals surface area contributed by atoms with Crippen LogP contribution < -0.4 is 11.1 Å².